The molecular formula is C46H49N3O6-2. The first kappa shape index (κ1) is 37.8. The summed E-state index contributed by atoms with van der Waals surface area (Å²) in [7, 11) is 1.52. The van der Waals surface area contributed by atoms with Crippen LogP contribution in [0.1, 0.15) is 94.6 Å². The number of nitrogens with one attached hydrogen (secondary N) is 1. The molecule has 4 bridgehead atoms. The molecule has 7 rings (SSSR count). The van der Waals surface area contributed by atoms with E-state index in [1.165, 1.54) is 7.11 Å². The molecule has 0 amide bonds. The van der Waals surface area contributed by atoms with Crippen LogP contribution in [0.15, 0.2) is 84.7 Å². The second kappa shape index (κ2) is 17.3. The SMILES string of the molecule is COc1cc2cc(c1O)Cc1ccc(CCCO)c(c1)Cc1cc[nH]c1[N-]CC1=Cc3[n-]ccc3[C@@H](CCCCc3cccc(O)c3)[C@@H]1C(=O)CC(=O)CC2. The molecule has 1 aliphatic carbocycles. The lowest BCUT2D eigenvalue weighted by Gasteiger charge is -2.36. The average molecular weight is 740 g/mol. The summed E-state index contributed by atoms with van der Waals surface area (Å²) < 4.78 is 5.56. The minimum atomic E-state index is -0.521. The van der Waals surface area contributed by atoms with E-state index in [2.05, 4.69) is 28.2 Å². The Morgan fingerprint density at radius 1 is 0.855 bits per heavy atom. The number of ketones is 2. The summed E-state index contributed by atoms with van der Waals surface area (Å²) in [6.07, 6.45) is 11.8. The van der Waals surface area contributed by atoms with Crippen molar-refractivity contribution in [3.63, 3.8) is 0 Å². The van der Waals surface area contributed by atoms with Crippen molar-refractivity contribution in [1.82, 2.24) is 9.97 Å². The molecule has 55 heavy (non-hydrogen) atoms. The van der Waals surface area contributed by atoms with Gasteiger partial charge < -0.3 is 35.3 Å². The van der Waals surface area contributed by atoms with Crippen LogP contribution in [0.4, 0.5) is 5.82 Å². The maximum atomic E-state index is 14.4. The van der Waals surface area contributed by atoms with Crippen molar-refractivity contribution in [2.45, 2.75) is 76.5 Å². The number of aliphatic hydroxyl groups excluding tert-OH is 1. The molecule has 0 saturated carbocycles. The zero-order valence-electron chi connectivity index (χ0n) is 31.4. The first-order valence-electron chi connectivity index (χ1n) is 19.4. The lowest BCUT2D eigenvalue weighted by atomic mass is 9.71. The Bertz CT molecular complexity index is 2180. The Kier molecular flexibility index (Phi) is 11.9. The number of unbranched alkanes of at least 4 members (excludes halogenated alkanes) is 1. The van der Waals surface area contributed by atoms with Gasteiger partial charge in [-0.15, -0.1) is 5.69 Å². The molecule has 5 aromatic rings. The largest absolute Gasteiger partial charge is 0.664 e. The van der Waals surface area contributed by atoms with Crippen molar-refractivity contribution in [2.75, 3.05) is 20.3 Å². The Balaban J connectivity index is 1.22. The van der Waals surface area contributed by atoms with Gasteiger partial charge in [-0.3, -0.25) is 9.59 Å². The Morgan fingerprint density at radius 3 is 2.56 bits per heavy atom. The minimum absolute atomic E-state index is 0.0715. The highest BCUT2D eigenvalue weighted by Crippen LogP contribution is 2.44. The lowest BCUT2D eigenvalue weighted by molar-refractivity contribution is -0.129. The Hall–Kier alpha value is -5.54. The average Bonchev–Trinajstić information content (AvgIpc) is 3.84. The smallest absolute Gasteiger partial charge is 0.161 e. The van der Waals surface area contributed by atoms with Crippen LogP contribution in [0, 0.1) is 5.92 Å². The number of benzene rings is 3. The highest BCUT2D eigenvalue weighted by Gasteiger charge is 2.35. The van der Waals surface area contributed by atoms with E-state index in [-0.39, 0.29) is 55.0 Å². The van der Waals surface area contributed by atoms with E-state index in [9.17, 15) is 24.9 Å². The van der Waals surface area contributed by atoms with Crippen molar-refractivity contribution >= 4 is 23.5 Å². The molecule has 3 heterocycles. The topological polar surface area (TPSA) is 148 Å². The summed E-state index contributed by atoms with van der Waals surface area (Å²) >= 11 is 0. The summed E-state index contributed by atoms with van der Waals surface area (Å²) in [6, 6.07) is 21.4. The molecule has 0 spiro atoms. The number of aliphatic hydroxyl groups is 1. The molecule has 0 radical (unpaired) electrons. The first-order chi connectivity index (χ1) is 26.8. The third kappa shape index (κ3) is 8.89. The molecule has 4 N–H and O–H groups in total. The van der Waals surface area contributed by atoms with Gasteiger partial charge in [0.15, 0.2) is 11.5 Å². The highest BCUT2D eigenvalue weighted by molar-refractivity contribution is 6.02. The van der Waals surface area contributed by atoms with Gasteiger partial charge in [-0.05, 0) is 109 Å². The van der Waals surface area contributed by atoms with E-state index < -0.39 is 5.92 Å². The van der Waals surface area contributed by atoms with E-state index in [1.54, 1.807) is 24.4 Å². The van der Waals surface area contributed by atoms with Crippen LogP contribution < -0.4 is 9.72 Å². The fourth-order valence-corrected chi connectivity index (χ4v) is 8.38. The number of rotatable bonds is 9. The van der Waals surface area contributed by atoms with Crippen molar-refractivity contribution in [2.24, 2.45) is 5.92 Å². The number of hydrogen-bond donors (Lipinski definition) is 4. The van der Waals surface area contributed by atoms with Gasteiger partial charge in [-0.2, -0.15) is 6.20 Å². The van der Waals surface area contributed by atoms with Crippen LogP contribution >= 0.6 is 0 Å². The number of ether oxygens (including phenoxy) is 1. The zero-order valence-corrected chi connectivity index (χ0v) is 31.4. The quantitative estimate of drug-likeness (QED) is 0.0880. The second-order valence-electron chi connectivity index (χ2n) is 14.9. The second-order valence-corrected chi connectivity index (χ2v) is 14.9. The minimum Gasteiger partial charge on any atom is -0.664 e. The van der Waals surface area contributed by atoms with Gasteiger partial charge in [-0.25, -0.2) is 0 Å². The monoisotopic (exact) mass is 739 g/mol. The van der Waals surface area contributed by atoms with Crippen LogP contribution in [-0.4, -0.2) is 52.1 Å². The highest BCUT2D eigenvalue weighted by atomic mass is 16.5. The molecule has 0 saturated heterocycles. The van der Waals surface area contributed by atoms with Crippen molar-refractivity contribution < 1.29 is 29.6 Å². The number of fused-ring (bicyclic) bond motifs is 7. The summed E-state index contributed by atoms with van der Waals surface area (Å²) in [5.74, 6) is 0.517. The van der Waals surface area contributed by atoms with E-state index in [4.69, 9.17) is 10.1 Å². The first-order valence-corrected chi connectivity index (χ1v) is 19.4. The molecule has 9 nitrogen and oxygen atoms in total. The van der Waals surface area contributed by atoms with Gasteiger partial charge in [0.25, 0.3) is 0 Å². The molecule has 3 aromatic carbocycles. The third-order valence-corrected chi connectivity index (χ3v) is 11.2. The number of carbonyl (C=O) groups is 2. The fourth-order valence-electron chi connectivity index (χ4n) is 8.38. The Morgan fingerprint density at radius 2 is 1.73 bits per heavy atom. The van der Waals surface area contributed by atoms with Crippen LogP contribution in [0.2, 0.25) is 0 Å². The van der Waals surface area contributed by atoms with Crippen molar-refractivity contribution in [3.05, 3.63) is 140 Å². The van der Waals surface area contributed by atoms with Crippen molar-refractivity contribution in [1.29, 1.82) is 0 Å². The number of methoxy groups -OCH3 is 1. The van der Waals surface area contributed by atoms with Gasteiger partial charge in [0, 0.05) is 30.9 Å². The van der Waals surface area contributed by atoms with Crippen molar-refractivity contribution in [3.8, 4) is 17.2 Å². The third-order valence-electron chi connectivity index (χ3n) is 11.2. The summed E-state index contributed by atoms with van der Waals surface area (Å²) in [5.41, 5.74) is 9.67. The molecule has 2 atom stereocenters. The molecule has 2 aromatic heterocycles. The van der Waals surface area contributed by atoms with Gasteiger partial charge >= 0.3 is 0 Å². The van der Waals surface area contributed by atoms with E-state index in [1.807, 2.05) is 42.6 Å². The molecule has 1 aliphatic heterocycles. The van der Waals surface area contributed by atoms with Gasteiger partial charge in [0.2, 0.25) is 0 Å². The number of phenolic OH excluding ortho intramolecular Hbond substituents is 2. The Labute approximate surface area is 322 Å². The number of H-pyrrole nitrogens is 1. The molecule has 0 fully saturated rings. The van der Waals surface area contributed by atoms with E-state index in [0.717, 1.165) is 88.1 Å². The summed E-state index contributed by atoms with van der Waals surface area (Å²) in [5, 5.41) is 35.8. The standard InChI is InChI=1S/C46H49N3O6/c1-55-43-24-31-12-14-38(52)27-42(53)44-36(26-41-39(16-18-47-41)40(44)10-3-2-6-29-7-4-9-37(51)23-29)28-49-46-33(15-17-48-46)25-34-20-30(21-35(22-31)45(43)54)11-13-32(34)8-5-19-50/h4,7,9,11,13,15-18,20,22-24,26,40,44,48,50-51,54H,2-3,5-6,8,10,12,14,19,21,25,27-28H2,1H3/q-2/t40-,44-/m1/s1. The fraction of sp³-hybridized carbons (Fsp3) is 0.348. The van der Waals surface area contributed by atoms with Crippen LogP contribution in [0.25, 0.3) is 11.4 Å². The molecular weight excluding hydrogens is 691 g/mol. The van der Waals surface area contributed by atoms with Crippen LogP contribution in [0.5, 0.6) is 17.2 Å². The van der Waals surface area contributed by atoms with E-state index >= 15 is 0 Å². The lowest BCUT2D eigenvalue weighted by Crippen LogP contribution is -2.30. The number of aryl methyl sites for hydroxylation is 3. The molecule has 0 unspecified atom stereocenters. The van der Waals surface area contributed by atoms with Crippen LogP contribution in [-0.2, 0) is 41.7 Å². The van der Waals surface area contributed by atoms with Crippen LogP contribution in [0.3, 0.4) is 0 Å². The normalized spacial score (nSPS) is 17.5. The predicted molar refractivity (Wildman–Crippen MR) is 213 cm³/mol. The number of hydrogen-bond acceptors (Lipinski definition) is 6. The molecule has 9 heteroatoms. The van der Waals surface area contributed by atoms with E-state index in [0.29, 0.717) is 37.0 Å². The number of nitrogens with zero attached hydrogens (tertiary/aromatic N) is 2. The number of carbonyl (C=O) groups excluding carboxylic acids is 2. The number of aromatic amines is 1. The number of Topliss-reactive ketones (excluding diaryl/α,β-unsaturated/α-hetero) is 2. The van der Waals surface area contributed by atoms with Gasteiger partial charge in [0.1, 0.15) is 17.3 Å². The number of phenols is 2. The summed E-state index contributed by atoms with van der Waals surface area (Å²) in [4.78, 5) is 36.1. The zero-order chi connectivity index (χ0) is 38.3. The predicted octanol–water partition coefficient (Wildman–Crippen LogP) is 8.19. The number of aromatic hydroxyl groups is 2. The maximum Gasteiger partial charge on any atom is 0.161 e. The maximum absolute atomic E-state index is 14.4. The molecule has 2 aliphatic rings. The molecule has 286 valence electrons. The summed E-state index contributed by atoms with van der Waals surface area (Å²) in [6.45, 7) is 0.384. The number of aromatic nitrogens is 2. The van der Waals surface area contributed by atoms with Gasteiger partial charge in [-0.1, -0.05) is 84.2 Å². The van der Waals surface area contributed by atoms with Gasteiger partial charge in [0.05, 0.1) is 13.5 Å².